The van der Waals surface area contributed by atoms with Crippen LogP contribution in [-0.2, 0) is 4.74 Å². The number of nitrogen functional groups attached to an aromatic ring is 1. The van der Waals surface area contributed by atoms with Gasteiger partial charge in [0.05, 0.1) is 11.8 Å². The maximum Gasteiger partial charge on any atom is 0.222 e. The predicted octanol–water partition coefficient (Wildman–Crippen LogP) is 0.174. The van der Waals surface area contributed by atoms with Gasteiger partial charge in [-0.3, -0.25) is 0 Å². The molecule has 1 aliphatic rings. The Hall–Kier alpha value is -1.40. The van der Waals surface area contributed by atoms with Crippen molar-refractivity contribution in [2.75, 3.05) is 37.9 Å². The van der Waals surface area contributed by atoms with Crippen molar-refractivity contribution < 1.29 is 4.74 Å². The zero-order valence-electron chi connectivity index (χ0n) is 10.5. The number of nitrogens with zero attached hydrogens (tertiary/aromatic N) is 3. The largest absolute Gasteiger partial charge is 0.375 e. The van der Waals surface area contributed by atoms with Crippen LogP contribution in [0.3, 0.4) is 0 Å². The van der Waals surface area contributed by atoms with Gasteiger partial charge in [-0.05, 0) is 14.0 Å². The molecule has 0 saturated carbocycles. The van der Waals surface area contributed by atoms with Gasteiger partial charge in [-0.25, -0.2) is 4.98 Å². The molecule has 0 aromatic carbocycles. The molecule has 6 heteroatoms. The smallest absolute Gasteiger partial charge is 0.222 e. The molecule has 0 aliphatic carbocycles. The molecular weight excluding hydrogens is 218 g/mol. The summed E-state index contributed by atoms with van der Waals surface area (Å²) in [5.41, 5.74) is 6.54. The van der Waals surface area contributed by atoms with Crippen LogP contribution in [0, 0.1) is 0 Å². The lowest BCUT2D eigenvalue weighted by molar-refractivity contribution is 0.116. The summed E-state index contributed by atoms with van der Waals surface area (Å²) >= 11 is 0. The molecule has 17 heavy (non-hydrogen) atoms. The number of nitrogens with two attached hydrogens (primary N) is 1. The van der Waals surface area contributed by atoms with Gasteiger partial charge in [0.25, 0.3) is 0 Å². The van der Waals surface area contributed by atoms with Gasteiger partial charge in [0, 0.05) is 32.3 Å². The lowest BCUT2D eigenvalue weighted by atomic mass is 10.1. The Morgan fingerprint density at radius 3 is 2.82 bits per heavy atom. The number of likely N-dealkylation sites (N-methyl/N-ethyl adjacent to an activating group) is 1. The molecule has 2 rings (SSSR count). The molecule has 1 aromatic rings. The van der Waals surface area contributed by atoms with Crippen molar-refractivity contribution in [2.45, 2.75) is 19.1 Å². The van der Waals surface area contributed by atoms with E-state index < -0.39 is 0 Å². The molecule has 94 valence electrons. The van der Waals surface area contributed by atoms with Gasteiger partial charge in [-0.1, -0.05) is 0 Å². The minimum Gasteiger partial charge on any atom is -0.375 e. The summed E-state index contributed by atoms with van der Waals surface area (Å²) in [6.07, 6.45) is -0.0691. The van der Waals surface area contributed by atoms with E-state index in [9.17, 15) is 0 Å². The van der Waals surface area contributed by atoms with E-state index in [1.54, 1.807) is 7.11 Å². The van der Waals surface area contributed by atoms with E-state index in [1.165, 1.54) is 0 Å². The Balaban J connectivity index is 2.15. The van der Waals surface area contributed by atoms with Gasteiger partial charge in [-0.15, -0.1) is 0 Å². The van der Waals surface area contributed by atoms with Crippen molar-refractivity contribution in [3.8, 4) is 0 Å². The minimum absolute atomic E-state index is 0.0691. The van der Waals surface area contributed by atoms with Crippen molar-refractivity contribution in [2.24, 2.45) is 0 Å². The molecule has 1 fully saturated rings. The maximum atomic E-state index is 5.72. The fourth-order valence-electron chi connectivity index (χ4n) is 1.81. The molecule has 1 aromatic heterocycles. The van der Waals surface area contributed by atoms with Gasteiger partial charge < -0.3 is 20.7 Å². The van der Waals surface area contributed by atoms with E-state index in [0.717, 1.165) is 24.6 Å². The molecule has 1 unspecified atom stereocenters. The number of rotatable bonds is 4. The highest BCUT2D eigenvalue weighted by molar-refractivity contribution is 5.46. The van der Waals surface area contributed by atoms with Crippen molar-refractivity contribution >= 4 is 11.8 Å². The van der Waals surface area contributed by atoms with Crippen LogP contribution in [0.5, 0.6) is 0 Å². The fourth-order valence-corrected chi connectivity index (χ4v) is 1.81. The topological polar surface area (TPSA) is 76.3 Å². The van der Waals surface area contributed by atoms with Gasteiger partial charge in [-0.2, -0.15) is 4.98 Å². The average molecular weight is 237 g/mol. The minimum atomic E-state index is -0.0691. The Morgan fingerprint density at radius 1 is 1.53 bits per heavy atom. The van der Waals surface area contributed by atoms with Crippen LogP contribution in [-0.4, -0.2) is 43.3 Å². The highest BCUT2D eigenvalue weighted by atomic mass is 16.5. The van der Waals surface area contributed by atoms with E-state index >= 15 is 0 Å². The fraction of sp³-hybridized carbons (Fsp3) is 0.636. The van der Waals surface area contributed by atoms with Crippen LogP contribution >= 0.6 is 0 Å². The molecule has 0 radical (unpaired) electrons. The SMILES string of the molecule is CNC1CN(c2cc(C(C)OC)nc(N)n2)C1. The zero-order chi connectivity index (χ0) is 12.4. The van der Waals surface area contributed by atoms with Crippen LogP contribution in [0.25, 0.3) is 0 Å². The third-order valence-electron chi connectivity index (χ3n) is 3.13. The van der Waals surface area contributed by atoms with Crippen LogP contribution < -0.4 is 16.0 Å². The Kier molecular flexibility index (Phi) is 3.44. The quantitative estimate of drug-likeness (QED) is 0.777. The summed E-state index contributed by atoms with van der Waals surface area (Å²) in [5.74, 6) is 1.18. The molecule has 0 spiro atoms. The van der Waals surface area contributed by atoms with E-state index in [2.05, 4.69) is 20.2 Å². The van der Waals surface area contributed by atoms with Gasteiger partial charge in [0.15, 0.2) is 0 Å². The molecule has 1 aliphatic heterocycles. The number of methoxy groups -OCH3 is 1. The summed E-state index contributed by atoms with van der Waals surface area (Å²) in [6.45, 7) is 3.85. The monoisotopic (exact) mass is 237 g/mol. The van der Waals surface area contributed by atoms with Crippen molar-refractivity contribution in [3.63, 3.8) is 0 Å². The summed E-state index contributed by atoms with van der Waals surface area (Å²) in [7, 11) is 3.62. The van der Waals surface area contributed by atoms with E-state index in [4.69, 9.17) is 10.5 Å². The highest BCUT2D eigenvalue weighted by Crippen LogP contribution is 2.23. The second kappa shape index (κ2) is 4.85. The molecule has 0 amide bonds. The number of nitrogens with one attached hydrogen (secondary N) is 1. The molecule has 6 nitrogen and oxygen atoms in total. The summed E-state index contributed by atoms with van der Waals surface area (Å²) in [4.78, 5) is 10.6. The molecular formula is C11H19N5O. The summed E-state index contributed by atoms with van der Waals surface area (Å²) in [6, 6.07) is 2.48. The van der Waals surface area contributed by atoms with Crippen LogP contribution in [0.15, 0.2) is 6.07 Å². The van der Waals surface area contributed by atoms with Gasteiger partial charge in [0.1, 0.15) is 5.82 Å². The van der Waals surface area contributed by atoms with Crippen LogP contribution in [0.2, 0.25) is 0 Å². The zero-order valence-corrected chi connectivity index (χ0v) is 10.5. The average Bonchev–Trinajstić information content (AvgIpc) is 2.26. The van der Waals surface area contributed by atoms with E-state index in [-0.39, 0.29) is 6.10 Å². The van der Waals surface area contributed by atoms with Crippen LogP contribution in [0.4, 0.5) is 11.8 Å². The molecule has 3 N–H and O–H groups in total. The van der Waals surface area contributed by atoms with Gasteiger partial charge >= 0.3 is 0 Å². The number of anilines is 2. The first kappa shape index (κ1) is 12.1. The van der Waals surface area contributed by atoms with E-state index in [0.29, 0.717) is 12.0 Å². The Bertz CT molecular complexity index is 391. The standard InChI is InChI=1S/C11H19N5O/c1-7(17-3)9-4-10(15-11(12)14-9)16-5-8(6-16)13-2/h4,7-8,13H,5-6H2,1-3H3,(H2,12,14,15). The second-order valence-corrected chi connectivity index (χ2v) is 4.28. The molecule has 2 heterocycles. The lowest BCUT2D eigenvalue weighted by Crippen LogP contribution is -2.57. The first-order valence-electron chi connectivity index (χ1n) is 5.73. The van der Waals surface area contributed by atoms with Crippen molar-refractivity contribution in [1.82, 2.24) is 15.3 Å². The summed E-state index contributed by atoms with van der Waals surface area (Å²) < 4.78 is 5.24. The number of ether oxygens (including phenoxy) is 1. The predicted molar refractivity (Wildman–Crippen MR) is 66.9 cm³/mol. The lowest BCUT2D eigenvalue weighted by Gasteiger charge is -2.40. The summed E-state index contributed by atoms with van der Waals surface area (Å²) in [5, 5.41) is 3.22. The Morgan fingerprint density at radius 2 is 2.24 bits per heavy atom. The number of hydrogen-bond donors (Lipinski definition) is 2. The Labute approximate surface area is 101 Å². The third-order valence-corrected chi connectivity index (χ3v) is 3.13. The molecule has 0 bridgehead atoms. The first-order chi connectivity index (χ1) is 8.13. The van der Waals surface area contributed by atoms with Crippen LogP contribution in [0.1, 0.15) is 18.7 Å². The third kappa shape index (κ3) is 2.48. The highest BCUT2D eigenvalue weighted by Gasteiger charge is 2.27. The normalized spacial score (nSPS) is 17.9. The number of aromatic nitrogens is 2. The van der Waals surface area contributed by atoms with Crippen molar-refractivity contribution in [3.05, 3.63) is 11.8 Å². The second-order valence-electron chi connectivity index (χ2n) is 4.28. The maximum absolute atomic E-state index is 5.72. The van der Waals surface area contributed by atoms with Gasteiger partial charge in [0.2, 0.25) is 5.95 Å². The van der Waals surface area contributed by atoms with Crippen molar-refractivity contribution in [1.29, 1.82) is 0 Å². The molecule has 1 saturated heterocycles. The first-order valence-corrected chi connectivity index (χ1v) is 5.73. The molecule has 1 atom stereocenters. The van der Waals surface area contributed by atoms with E-state index in [1.807, 2.05) is 20.0 Å². The number of hydrogen-bond acceptors (Lipinski definition) is 6.